The van der Waals surface area contributed by atoms with E-state index >= 15 is 0 Å². The van der Waals surface area contributed by atoms with Crippen LogP contribution in [-0.2, 0) is 16.1 Å². The number of carbonyl (C=O) groups excluding carboxylic acids is 3. The Bertz CT molecular complexity index is 1240. The highest BCUT2D eigenvalue weighted by Gasteiger charge is 2.29. The molecule has 0 spiro atoms. The molecule has 0 unspecified atom stereocenters. The van der Waals surface area contributed by atoms with Crippen molar-refractivity contribution >= 4 is 29.9 Å². The maximum atomic E-state index is 12.4. The van der Waals surface area contributed by atoms with Gasteiger partial charge in [-0.3, -0.25) is 15.0 Å². The molecule has 0 radical (unpaired) electrons. The highest BCUT2D eigenvalue weighted by atomic mass is 16.6. The first kappa shape index (κ1) is 24.3. The lowest BCUT2D eigenvalue weighted by molar-refractivity contribution is -0.125. The Morgan fingerprint density at radius 3 is 2.00 bits per heavy atom. The van der Waals surface area contributed by atoms with E-state index in [4.69, 9.17) is 19.7 Å². The number of urea groups is 1. The number of carboxylic acid groups (broad SMARTS) is 2. The van der Waals surface area contributed by atoms with Crippen LogP contribution in [0.2, 0.25) is 0 Å². The van der Waals surface area contributed by atoms with Crippen LogP contribution in [0, 0.1) is 0 Å². The molecule has 5 rings (SSSR count). The highest BCUT2D eigenvalue weighted by Crippen LogP contribution is 2.44. The van der Waals surface area contributed by atoms with Crippen LogP contribution in [0.1, 0.15) is 22.6 Å². The van der Waals surface area contributed by atoms with Gasteiger partial charge in [0.1, 0.15) is 6.61 Å². The zero-order chi connectivity index (χ0) is 25.7. The molecule has 0 bridgehead atoms. The van der Waals surface area contributed by atoms with Crippen LogP contribution in [0.25, 0.3) is 11.1 Å². The summed E-state index contributed by atoms with van der Waals surface area (Å²) < 4.78 is 5.55. The minimum atomic E-state index is -1.83. The van der Waals surface area contributed by atoms with Gasteiger partial charge in [0.15, 0.2) is 0 Å². The molecule has 1 fully saturated rings. The molecule has 1 aliphatic carbocycles. The maximum absolute atomic E-state index is 12.4. The van der Waals surface area contributed by atoms with Gasteiger partial charge in [0.25, 0.3) is 0 Å². The molecule has 2 aliphatic rings. The molecule has 10 nitrogen and oxygen atoms in total. The van der Waals surface area contributed by atoms with Crippen molar-refractivity contribution in [2.75, 3.05) is 18.5 Å². The zero-order valence-electron chi connectivity index (χ0n) is 19.0. The third-order valence-corrected chi connectivity index (χ3v) is 5.82. The number of hydrogen-bond donors (Lipinski definition) is 4. The van der Waals surface area contributed by atoms with E-state index in [-0.39, 0.29) is 31.5 Å². The topological polar surface area (TPSA) is 145 Å². The molecular weight excluding hydrogens is 466 g/mol. The molecule has 0 saturated carbocycles. The van der Waals surface area contributed by atoms with E-state index in [1.165, 1.54) is 11.1 Å². The lowest BCUT2D eigenvalue weighted by Crippen LogP contribution is -2.30. The normalized spacial score (nSPS) is 13.7. The van der Waals surface area contributed by atoms with Gasteiger partial charge in [0.2, 0.25) is 5.91 Å². The standard InChI is InChI=1S/C25H21N3O4.CH2O3/c29-23-13-26-24(30)28(23)14-16-9-11-17(12-10-16)27-25(31)32-15-22-20-7-3-1-5-18(20)19-6-2-4-8-21(19)22;2-1(3)4/h1-12,22H,13-15H2,(H,26,30)(H,27,31);(H2,2,3,4). The quantitative estimate of drug-likeness (QED) is 0.391. The number of amides is 4. The van der Waals surface area contributed by atoms with Crippen LogP contribution in [0.4, 0.5) is 20.1 Å². The van der Waals surface area contributed by atoms with Crippen molar-refractivity contribution in [3.8, 4) is 11.1 Å². The van der Waals surface area contributed by atoms with E-state index < -0.39 is 18.3 Å². The van der Waals surface area contributed by atoms with Crippen molar-refractivity contribution in [3.05, 3.63) is 89.5 Å². The van der Waals surface area contributed by atoms with Gasteiger partial charge < -0.3 is 20.3 Å². The average molecular weight is 489 g/mol. The first-order valence-corrected chi connectivity index (χ1v) is 11.0. The van der Waals surface area contributed by atoms with Crippen LogP contribution >= 0.6 is 0 Å². The van der Waals surface area contributed by atoms with Crippen molar-refractivity contribution in [3.63, 3.8) is 0 Å². The van der Waals surface area contributed by atoms with E-state index in [9.17, 15) is 14.4 Å². The first-order chi connectivity index (χ1) is 17.3. The number of anilines is 1. The summed E-state index contributed by atoms with van der Waals surface area (Å²) in [5.41, 5.74) is 6.03. The molecule has 1 heterocycles. The monoisotopic (exact) mass is 489 g/mol. The molecule has 1 saturated heterocycles. The van der Waals surface area contributed by atoms with E-state index in [1.807, 2.05) is 24.3 Å². The van der Waals surface area contributed by atoms with Crippen LogP contribution in [0.15, 0.2) is 72.8 Å². The van der Waals surface area contributed by atoms with Crippen molar-refractivity contribution in [1.82, 2.24) is 10.2 Å². The molecule has 0 aromatic heterocycles. The summed E-state index contributed by atoms with van der Waals surface area (Å²) >= 11 is 0. The Labute approximate surface area is 206 Å². The fraction of sp³-hybridized carbons (Fsp3) is 0.154. The number of imide groups is 1. The SMILES string of the molecule is O=C(Nc1ccc(CN2C(=O)CNC2=O)cc1)OCC1c2ccccc2-c2ccccc21.O=C(O)O. The lowest BCUT2D eigenvalue weighted by Gasteiger charge is -2.15. The Morgan fingerprint density at radius 1 is 0.917 bits per heavy atom. The van der Waals surface area contributed by atoms with Gasteiger partial charge in [-0.1, -0.05) is 60.7 Å². The predicted octanol–water partition coefficient (Wildman–Crippen LogP) is 4.32. The second-order valence-corrected chi connectivity index (χ2v) is 8.07. The summed E-state index contributed by atoms with van der Waals surface area (Å²) in [5, 5.41) is 19.2. The van der Waals surface area contributed by atoms with E-state index in [0.717, 1.165) is 21.6 Å². The Kier molecular flexibility index (Phi) is 7.15. The number of fused-ring (bicyclic) bond motifs is 3. The average Bonchev–Trinajstić information content (AvgIpc) is 3.35. The predicted molar refractivity (Wildman–Crippen MR) is 130 cm³/mol. The lowest BCUT2D eigenvalue weighted by atomic mass is 9.98. The van der Waals surface area contributed by atoms with Gasteiger partial charge >= 0.3 is 18.3 Å². The van der Waals surface area contributed by atoms with Gasteiger partial charge in [-0.05, 0) is 39.9 Å². The molecule has 36 heavy (non-hydrogen) atoms. The zero-order valence-corrected chi connectivity index (χ0v) is 19.0. The van der Waals surface area contributed by atoms with Gasteiger partial charge in [0, 0.05) is 11.6 Å². The summed E-state index contributed by atoms with van der Waals surface area (Å²) in [6, 6.07) is 22.9. The molecule has 4 amide bonds. The summed E-state index contributed by atoms with van der Waals surface area (Å²) in [5.74, 6) is -0.254. The summed E-state index contributed by atoms with van der Waals surface area (Å²) in [6.07, 6.45) is -2.37. The van der Waals surface area contributed by atoms with Crippen LogP contribution in [0.5, 0.6) is 0 Å². The van der Waals surface area contributed by atoms with Crippen molar-refractivity contribution in [2.24, 2.45) is 0 Å². The van der Waals surface area contributed by atoms with Crippen LogP contribution in [-0.4, -0.2) is 52.5 Å². The van der Waals surface area contributed by atoms with Crippen molar-refractivity contribution in [1.29, 1.82) is 0 Å². The van der Waals surface area contributed by atoms with Crippen LogP contribution < -0.4 is 10.6 Å². The fourth-order valence-electron chi connectivity index (χ4n) is 4.24. The molecule has 4 N–H and O–H groups in total. The largest absolute Gasteiger partial charge is 0.503 e. The smallest absolute Gasteiger partial charge is 0.450 e. The van der Waals surface area contributed by atoms with Gasteiger partial charge in [-0.2, -0.15) is 0 Å². The molecule has 3 aromatic carbocycles. The second kappa shape index (κ2) is 10.6. The minimum absolute atomic E-state index is 0.000305. The first-order valence-electron chi connectivity index (χ1n) is 11.0. The third-order valence-electron chi connectivity index (χ3n) is 5.82. The Hall–Kier alpha value is -4.86. The van der Waals surface area contributed by atoms with Gasteiger partial charge in [-0.15, -0.1) is 0 Å². The molecule has 3 aromatic rings. The molecule has 184 valence electrons. The molecule has 0 atom stereocenters. The molecule has 10 heteroatoms. The van der Waals surface area contributed by atoms with E-state index in [0.29, 0.717) is 5.69 Å². The fourth-order valence-corrected chi connectivity index (χ4v) is 4.24. The second-order valence-electron chi connectivity index (χ2n) is 8.07. The molecule has 1 aliphatic heterocycles. The Balaban J connectivity index is 0.000000709. The number of nitrogens with zero attached hydrogens (tertiary/aromatic N) is 1. The van der Waals surface area contributed by atoms with Crippen molar-refractivity contribution in [2.45, 2.75) is 12.5 Å². The van der Waals surface area contributed by atoms with Crippen LogP contribution in [0.3, 0.4) is 0 Å². The number of carbonyl (C=O) groups is 4. The summed E-state index contributed by atoms with van der Waals surface area (Å²) in [7, 11) is 0. The van der Waals surface area contributed by atoms with Crippen molar-refractivity contribution < 1.29 is 34.1 Å². The number of rotatable bonds is 5. The molecular formula is C26H23N3O7. The number of ether oxygens (including phenoxy) is 1. The summed E-state index contributed by atoms with van der Waals surface area (Å²) in [6.45, 7) is 0.459. The number of nitrogens with one attached hydrogen (secondary N) is 2. The Morgan fingerprint density at radius 2 is 1.47 bits per heavy atom. The minimum Gasteiger partial charge on any atom is -0.450 e. The number of benzene rings is 3. The highest BCUT2D eigenvalue weighted by molar-refractivity contribution is 6.01. The van der Waals surface area contributed by atoms with Gasteiger partial charge in [-0.25, -0.2) is 14.4 Å². The van der Waals surface area contributed by atoms with Gasteiger partial charge in [0.05, 0.1) is 13.1 Å². The maximum Gasteiger partial charge on any atom is 0.503 e. The van der Waals surface area contributed by atoms with E-state index in [1.54, 1.807) is 24.3 Å². The summed E-state index contributed by atoms with van der Waals surface area (Å²) in [4.78, 5) is 45.5. The van der Waals surface area contributed by atoms with E-state index in [2.05, 4.69) is 34.9 Å². The third kappa shape index (κ3) is 5.44. The number of hydrogen-bond acceptors (Lipinski definition) is 5.